The van der Waals surface area contributed by atoms with Crippen LogP contribution < -0.4 is 5.06 Å². The second-order valence-corrected chi connectivity index (χ2v) is 5.92. The zero-order valence-electron chi connectivity index (χ0n) is 13.8. The van der Waals surface area contributed by atoms with Crippen LogP contribution in [0.15, 0.2) is 24.3 Å². The molecule has 1 heterocycles. The molecule has 1 aromatic carbocycles. The summed E-state index contributed by atoms with van der Waals surface area (Å²) in [7, 11) is 1.34. The number of morpholine rings is 1. The number of rotatable bonds is 6. The lowest BCUT2D eigenvalue weighted by atomic mass is 10.2. The predicted molar refractivity (Wildman–Crippen MR) is 86.6 cm³/mol. The number of carbonyl (C=O) groups is 2. The van der Waals surface area contributed by atoms with Crippen LogP contribution in [0.1, 0.15) is 23.2 Å². The highest BCUT2D eigenvalue weighted by Crippen LogP contribution is 2.28. The summed E-state index contributed by atoms with van der Waals surface area (Å²) < 4.78 is 10.00. The lowest BCUT2D eigenvalue weighted by Gasteiger charge is -2.29. The summed E-state index contributed by atoms with van der Waals surface area (Å²) in [5.41, 5.74) is 1.06. The van der Waals surface area contributed by atoms with Gasteiger partial charge in [-0.15, -0.1) is 0 Å². The second kappa shape index (κ2) is 7.74. The summed E-state index contributed by atoms with van der Waals surface area (Å²) in [6.45, 7) is 3.05. The lowest BCUT2D eigenvalue weighted by Crippen LogP contribution is -2.45. The molecule has 2 aliphatic rings. The molecule has 0 spiro atoms. The Morgan fingerprint density at radius 1 is 1.21 bits per heavy atom. The molecule has 3 rings (SSSR count). The first kappa shape index (κ1) is 16.9. The van der Waals surface area contributed by atoms with Crippen LogP contribution >= 0.6 is 0 Å². The molecule has 1 aliphatic heterocycles. The molecule has 130 valence electrons. The molecular weight excluding hydrogens is 312 g/mol. The van der Waals surface area contributed by atoms with Gasteiger partial charge < -0.3 is 9.47 Å². The van der Waals surface area contributed by atoms with Crippen LogP contribution in [0.2, 0.25) is 0 Å². The van der Waals surface area contributed by atoms with E-state index in [1.807, 2.05) is 0 Å². The monoisotopic (exact) mass is 334 g/mol. The summed E-state index contributed by atoms with van der Waals surface area (Å²) in [6, 6.07) is 6.66. The number of hydrogen-bond donors (Lipinski definition) is 0. The molecule has 2 fully saturated rings. The van der Waals surface area contributed by atoms with Gasteiger partial charge in [0.2, 0.25) is 0 Å². The van der Waals surface area contributed by atoms with Crippen molar-refractivity contribution in [1.82, 2.24) is 4.90 Å². The number of benzene rings is 1. The average Bonchev–Trinajstić information content (AvgIpc) is 3.44. The van der Waals surface area contributed by atoms with Crippen molar-refractivity contribution in [3.8, 4) is 0 Å². The van der Waals surface area contributed by atoms with E-state index in [0.29, 0.717) is 24.5 Å². The summed E-state index contributed by atoms with van der Waals surface area (Å²) in [5.74, 6) is -0.523. The van der Waals surface area contributed by atoms with Crippen LogP contribution in [0.25, 0.3) is 0 Å². The van der Waals surface area contributed by atoms with Gasteiger partial charge >= 0.3 is 5.97 Å². The van der Waals surface area contributed by atoms with Crippen LogP contribution in [0.4, 0.5) is 5.69 Å². The number of hydrogen-bond acceptors (Lipinski definition) is 6. The molecule has 0 unspecified atom stereocenters. The zero-order chi connectivity index (χ0) is 16.9. The van der Waals surface area contributed by atoms with Crippen molar-refractivity contribution < 1.29 is 23.9 Å². The fraction of sp³-hybridized carbons (Fsp3) is 0.529. The maximum absolute atomic E-state index is 12.7. The van der Waals surface area contributed by atoms with Crippen molar-refractivity contribution in [2.45, 2.75) is 18.9 Å². The third-order valence-corrected chi connectivity index (χ3v) is 3.99. The number of esters is 1. The van der Waals surface area contributed by atoms with E-state index in [9.17, 15) is 9.59 Å². The minimum Gasteiger partial charge on any atom is -0.465 e. The van der Waals surface area contributed by atoms with Crippen molar-refractivity contribution in [3.63, 3.8) is 0 Å². The first-order valence-electron chi connectivity index (χ1n) is 8.15. The molecule has 0 N–H and O–H groups in total. The number of amides is 1. The predicted octanol–water partition coefficient (Wildman–Crippen LogP) is 1.23. The molecule has 0 radical (unpaired) electrons. The Labute approximate surface area is 141 Å². The van der Waals surface area contributed by atoms with Crippen molar-refractivity contribution >= 4 is 17.6 Å². The summed E-state index contributed by atoms with van der Waals surface area (Å²) in [4.78, 5) is 32.0. The van der Waals surface area contributed by atoms with Crippen LogP contribution in [-0.4, -0.2) is 62.8 Å². The van der Waals surface area contributed by atoms with Gasteiger partial charge in [0.25, 0.3) is 5.91 Å². The fourth-order valence-electron chi connectivity index (χ4n) is 2.45. The Balaban J connectivity index is 1.70. The first-order valence-corrected chi connectivity index (χ1v) is 8.15. The SMILES string of the molecule is COC(=O)c1ccc(N(OC2CC2)C(=O)CN2CCOCC2)cc1. The number of ether oxygens (including phenoxy) is 2. The first-order chi connectivity index (χ1) is 11.7. The van der Waals surface area contributed by atoms with Crippen LogP contribution in [0.3, 0.4) is 0 Å². The van der Waals surface area contributed by atoms with Gasteiger partial charge in [0.15, 0.2) is 0 Å². The summed E-state index contributed by atoms with van der Waals surface area (Å²) in [5, 5.41) is 1.36. The Morgan fingerprint density at radius 2 is 1.88 bits per heavy atom. The Hall–Kier alpha value is -1.96. The highest BCUT2D eigenvalue weighted by molar-refractivity contribution is 5.94. The molecule has 1 saturated heterocycles. The van der Waals surface area contributed by atoms with E-state index >= 15 is 0 Å². The topological polar surface area (TPSA) is 68.3 Å². The van der Waals surface area contributed by atoms with Gasteiger partial charge in [-0.25, -0.2) is 4.79 Å². The van der Waals surface area contributed by atoms with Gasteiger partial charge in [0, 0.05) is 13.1 Å². The Bertz CT molecular complexity index is 579. The molecular formula is C17H22N2O5. The Kier molecular flexibility index (Phi) is 5.44. The van der Waals surface area contributed by atoms with Gasteiger partial charge in [-0.05, 0) is 37.1 Å². The normalized spacial score (nSPS) is 18.2. The lowest BCUT2D eigenvalue weighted by molar-refractivity contribution is -0.128. The molecule has 0 atom stereocenters. The molecule has 1 aromatic rings. The third-order valence-electron chi connectivity index (χ3n) is 3.99. The van der Waals surface area contributed by atoms with Crippen LogP contribution in [0, 0.1) is 0 Å². The number of methoxy groups -OCH3 is 1. The standard InChI is InChI=1S/C17H22N2O5/c1-22-17(21)13-2-4-14(5-3-13)19(24-15-6-7-15)16(20)12-18-8-10-23-11-9-18/h2-5,15H,6-12H2,1H3. The van der Waals surface area contributed by atoms with E-state index in [1.54, 1.807) is 24.3 Å². The Morgan fingerprint density at radius 3 is 2.46 bits per heavy atom. The fourth-order valence-corrected chi connectivity index (χ4v) is 2.45. The molecule has 0 aromatic heterocycles. The van der Waals surface area contributed by atoms with Gasteiger partial charge in [-0.3, -0.25) is 14.5 Å². The van der Waals surface area contributed by atoms with E-state index in [-0.39, 0.29) is 18.6 Å². The second-order valence-electron chi connectivity index (χ2n) is 5.92. The van der Waals surface area contributed by atoms with E-state index in [1.165, 1.54) is 12.2 Å². The molecule has 7 heteroatoms. The zero-order valence-corrected chi connectivity index (χ0v) is 13.8. The molecule has 1 aliphatic carbocycles. The molecule has 24 heavy (non-hydrogen) atoms. The van der Waals surface area contributed by atoms with Crippen molar-refractivity contribution in [2.75, 3.05) is 45.0 Å². The number of anilines is 1. The maximum Gasteiger partial charge on any atom is 0.337 e. The van der Waals surface area contributed by atoms with Gasteiger partial charge in [0.1, 0.15) is 0 Å². The number of nitrogens with zero attached hydrogens (tertiary/aromatic N) is 2. The van der Waals surface area contributed by atoms with Crippen LogP contribution in [-0.2, 0) is 19.1 Å². The van der Waals surface area contributed by atoms with Crippen LogP contribution in [0.5, 0.6) is 0 Å². The molecule has 0 bridgehead atoms. The highest BCUT2D eigenvalue weighted by Gasteiger charge is 2.30. The maximum atomic E-state index is 12.7. The smallest absolute Gasteiger partial charge is 0.337 e. The number of carbonyl (C=O) groups excluding carboxylic acids is 2. The molecule has 1 saturated carbocycles. The minimum absolute atomic E-state index is 0.0962. The van der Waals surface area contributed by atoms with Crippen molar-refractivity contribution in [2.24, 2.45) is 0 Å². The summed E-state index contributed by atoms with van der Waals surface area (Å²) in [6.07, 6.45) is 2.02. The largest absolute Gasteiger partial charge is 0.465 e. The van der Waals surface area contributed by atoms with E-state index in [2.05, 4.69) is 9.64 Å². The van der Waals surface area contributed by atoms with E-state index < -0.39 is 5.97 Å². The number of hydroxylamine groups is 1. The third kappa shape index (κ3) is 4.31. The van der Waals surface area contributed by atoms with Gasteiger partial charge in [0.05, 0.1) is 44.2 Å². The van der Waals surface area contributed by atoms with Crippen molar-refractivity contribution in [1.29, 1.82) is 0 Å². The quantitative estimate of drug-likeness (QED) is 0.576. The molecule has 7 nitrogen and oxygen atoms in total. The van der Waals surface area contributed by atoms with Crippen molar-refractivity contribution in [3.05, 3.63) is 29.8 Å². The van der Waals surface area contributed by atoms with E-state index in [0.717, 1.165) is 25.9 Å². The average molecular weight is 334 g/mol. The minimum atomic E-state index is -0.407. The summed E-state index contributed by atoms with van der Waals surface area (Å²) >= 11 is 0. The highest BCUT2D eigenvalue weighted by atomic mass is 16.7. The van der Waals surface area contributed by atoms with E-state index in [4.69, 9.17) is 9.57 Å². The van der Waals surface area contributed by atoms with Gasteiger partial charge in [-0.1, -0.05) is 0 Å². The van der Waals surface area contributed by atoms with Gasteiger partial charge in [-0.2, -0.15) is 5.06 Å². The molecule has 1 amide bonds.